The molecule has 6 heteroatoms. The number of urea groups is 1. The van der Waals surface area contributed by atoms with Gasteiger partial charge in [0.05, 0.1) is 11.6 Å². The summed E-state index contributed by atoms with van der Waals surface area (Å²) in [4.78, 5) is 15.9. The zero-order chi connectivity index (χ0) is 13.0. The van der Waals surface area contributed by atoms with E-state index in [1.165, 1.54) is 4.88 Å². The molecule has 1 aromatic carbocycles. The van der Waals surface area contributed by atoms with Crippen molar-refractivity contribution in [1.29, 1.82) is 0 Å². The average molecular weight is 262 g/mol. The summed E-state index contributed by atoms with van der Waals surface area (Å²) in [5.41, 5.74) is 8.51. The van der Waals surface area contributed by atoms with E-state index in [0.717, 1.165) is 5.69 Å². The third kappa shape index (κ3) is 3.21. The smallest absolute Gasteiger partial charge is 0.316 e. The first-order valence-corrected chi connectivity index (χ1v) is 6.34. The first kappa shape index (κ1) is 12.4. The van der Waals surface area contributed by atoms with Crippen LogP contribution in [0, 0.1) is 0 Å². The Balaban J connectivity index is 2.00. The van der Waals surface area contributed by atoms with Crippen molar-refractivity contribution in [2.24, 2.45) is 5.73 Å². The predicted octanol–water partition coefficient (Wildman–Crippen LogP) is 2.81. The van der Waals surface area contributed by atoms with Gasteiger partial charge in [0.15, 0.2) is 0 Å². The highest BCUT2D eigenvalue weighted by Crippen LogP contribution is 2.22. The van der Waals surface area contributed by atoms with Crippen LogP contribution >= 0.6 is 11.3 Å². The molecular weight excluding hydrogens is 248 g/mol. The zero-order valence-electron chi connectivity index (χ0n) is 9.88. The Hall–Kier alpha value is -2.08. The maximum atomic E-state index is 10.7. The average Bonchev–Trinajstić information content (AvgIpc) is 2.84. The molecule has 1 unspecified atom stereocenters. The van der Waals surface area contributed by atoms with Crippen molar-refractivity contribution in [1.82, 2.24) is 4.98 Å². The van der Waals surface area contributed by atoms with Crippen molar-refractivity contribution in [3.63, 3.8) is 0 Å². The van der Waals surface area contributed by atoms with Crippen molar-refractivity contribution in [3.05, 3.63) is 40.8 Å². The third-order valence-corrected chi connectivity index (χ3v) is 3.37. The molecule has 0 bridgehead atoms. The number of amides is 2. The fourth-order valence-corrected chi connectivity index (χ4v) is 2.18. The van der Waals surface area contributed by atoms with Crippen LogP contribution in [0.25, 0.3) is 0 Å². The number of carbonyl (C=O) groups is 1. The lowest BCUT2D eigenvalue weighted by Crippen LogP contribution is -2.19. The van der Waals surface area contributed by atoms with Crippen LogP contribution in [-0.2, 0) is 0 Å². The van der Waals surface area contributed by atoms with E-state index in [-0.39, 0.29) is 6.04 Å². The number of primary amides is 1. The summed E-state index contributed by atoms with van der Waals surface area (Å²) in [5, 5.41) is 5.87. The summed E-state index contributed by atoms with van der Waals surface area (Å²) in [5.74, 6) is 0. The van der Waals surface area contributed by atoms with Crippen molar-refractivity contribution in [3.8, 4) is 0 Å². The van der Waals surface area contributed by atoms with Crippen LogP contribution in [0.1, 0.15) is 17.8 Å². The predicted molar refractivity (Wildman–Crippen MR) is 73.8 cm³/mol. The van der Waals surface area contributed by atoms with Crippen LogP contribution in [0.5, 0.6) is 0 Å². The number of benzene rings is 1. The minimum Gasteiger partial charge on any atom is -0.378 e. The van der Waals surface area contributed by atoms with Gasteiger partial charge in [-0.3, -0.25) is 4.98 Å². The molecule has 94 valence electrons. The molecule has 2 aromatic rings. The van der Waals surface area contributed by atoms with Crippen LogP contribution in [0.3, 0.4) is 0 Å². The summed E-state index contributed by atoms with van der Waals surface area (Å²) in [6.07, 6.45) is 1.85. The van der Waals surface area contributed by atoms with E-state index in [1.54, 1.807) is 23.5 Å². The number of nitrogens with one attached hydrogen (secondary N) is 2. The molecule has 0 saturated heterocycles. The minimum absolute atomic E-state index is 0.201. The van der Waals surface area contributed by atoms with Gasteiger partial charge < -0.3 is 16.4 Å². The second kappa shape index (κ2) is 5.50. The fraction of sp³-hybridized carbons (Fsp3) is 0.167. The van der Waals surface area contributed by atoms with E-state index < -0.39 is 6.03 Å². The third-order valence-electron chi connectivity index (χ3n) is 2.41. The van der Waals surface area contributed by atoms with E-state index in [0.29, 0.717) is 5.69 Å². The molecule has 1 atom stereocenters. The first-order valence-electron chi connectivity index (χ1n) is 5.46. The van der Waals surface area contributed by atoms with Crippen LogP contribution in [0.4, 0.5) is 16.2 Å². The largest absolute Gasteiger partial charge is 0.378 e. The maximum Gasteiger partial charge on any atom is 0.316 e. The van der Waals surface area contributed by atoms with Gasteiger partial charge in [0, 0.05) is 22.4 Å². The molecule has 0 spiro atoms. The SMILES string of the molecule is CC(Nc1ccc(NC(N)=O)cc1)c1cncs1. The molecule has 5 nitrogen and oxygen atoms in total. The molecule has 0 fully saturated rings. The number of nitrogens with two attached hydrogens (primary N) is 1. The molecule has 0 aliphatic heterocycles. The number of aromatic nitrogens is 1. The van der Waals surface area contributed by atoms with Gasteiger partial charge in [0.25, 0.3) is 0 Å². The van der Waals surface area contributed by atoms with Crippen molar-refractivity contribution >= 4 is 28.7 Å². The quantitative estimate of drug-likeness (QED) is 0.792. The second-order valence-corrected chi connectivity index (χ2v) is 4.75. The highest BCUT2D eigenvalue weighted by atomic mass is 32.1. The molecule has 18 heavy (non-hydrogen) atoms. The molecule has 2 amide bonds. The summed E-state index contributed by atoms with van der Waals surface area (Å²) >= 11 is 1.61. The number of anilines is 2. The van der Waals surface area contributed by atoms with Gasteiger partial charge in [-0.25, -0.2) is 4.79 Å². The lowest BCUT2D eigenvalue weighted by molar-refractivity contribution is 0.259. The number of nitrogens with zero attached hydrogens (tertiary/aromatic N) is 1. The van der Waals surface area contributed by atoms with Crippen LogP contribution in [-0.4, -0.2) is 11.0 Å². The van der Waals surface area contributed by atoms with E-state index in [9.17, 15) is 4.79 Å². The molecule has 1 heterocycles. The number of rotatable bonds is 4. The van der Waals surface area contributed by atoms with Crippen LogP contribution in [0.15, 0.2) is 36.0 Å². The lowest BCUT2D eigenvalue weighted by Gasteiger charge is -2.13. The molecule has 4 N–H and O–H groups in total. The Morgan fingerprint density at radius 2 is 2.00 bits per heavy atom. The first-order chi connectivity index (χ1) is 8.65. The van der Waals surface area contributed by atoms with Gasteiger partial charge in [-0.05, 0) is 31.2 Å². The topological polar surface area (TPSA) is 80.0 Å². The number of hydrogen-bond acceptors (Lipinski definition) is 4. The second-order valence-electron chi connectivity index (χ2n) is 3.84. The highest BCUT2D eigenvalue weighted by Gasteiger charge is 2.06. The molecule has 0 aliphatic rings. The standard InChI is InChI=1S/C12H14N4OS/c1-8(11-6-14-7-18-11)15-9-2-4-10(5-3-9)16-12(13)17/h2-8,15H,1H3,(H3,13,16,17). The molecule has 0 aliphatic carbocycles. The maximum absolute atomic E-state index is 10.7. The summed E-state index contributed by atoms with van der Waals surface area (Å²) in [6.45, 7) is 2.07. The molecule has 0 radical (unpaired) electrons. The lowest BCUT2D eigenvalue weighted by atomic mass is 10.2. The van der Waals surface area contributed by atoms with E-state index in [2.05, 4.69) is 22.5 Å². The van der Waals surface area contributed by atoms with Gasteiger partial charge in [-0.2, -0.15) is 0 Å². The highest BCUT2D eigenvalue weighted by molar-refractivity contribution is 7.09. The van der Waals surface area contributed by atoms with Crippen LogP contribution < -0.4 is 16.4 Å². The van der Waals surface area contributed by atoms with Crippen molar-refractivity contribution in [2.75, 3.05) is 10.6 Å². The Labute approximate surface area is 109 Å². The number of hydrogen-bond donors (Lipinski definition) is 3. The minimum atomic E-state index is -0.561. The summed E-state index contributed by atoms with van der Waals surface area (Å²) in [7, 11) is 0. The molecule has 2 rings (SSSR count). The van der Waals surface area contributed by atoms with Gasteiger partial charge in [-0.1, -0.05) is 0 Å². The Kier molecular flexibility index (Phi) is 3.78. The molecule has 1 aromatic heterocycles. The fourth-order valence-electron chi connectivity index (χ4n) is 1.55. The zero-order valence-corrected chi connectivity index (χ0v) is 10.7. The normalized spacial score (nSPS) is 11.8. The van der Waals surface area contributed by atoms with Gasteiger partial charge >= 0.3 is 6.03 Å². The summed E-state index contributed by atoms with van der Waals surface area (Å²) in [6, 6.07) is 7.02. The Morgan fingerprint density at radius 3 is 2.56 bits per heavy atom. The van der Waals surface area contributed by atoms with E-state index >= 15 is 0 Å². The Bertz CT molecular complexity index is 509. The van der Waals surface area contributed by atoms with Gasteiger partial charge in [0.2, 0.25) is 0 Å². The van der Waals surface area contributed by atoms with E-state index in [4.69, 9.17) is 5.73 Å². The van der Waals surface area contributed by atoms with Crippen LogP contribution in [0.2, 0.25) is 0 Å². The van der Waals surface area contributed by atoms with E-state index in [1.807, 2.05) is 23.8 Å². The van der Waals surface area contributed by atoms with Crippen molar-refractivity contribution in [2.45, 2.75) is 13.0 Å². The monoisotopic (exact) mass is 262 g/mol. The number of carbonyl (C=O) groups excluding carboxylic acids is 1. The molecule has 0 saturated carbocycles. The van der Waals surface area contributed by atoms with Gasteiger partial charge in [0.1, 0.15) is 0 Å². The number of thiazole rings is 1. The Morgan fingerprint density at radius 1 is 1.33 bits per heavy atom. The summed E-state index contributed by atoms with van der Waals surface area (Å²) < 4.78 is 0. The van der Waals surface area contributed by atoms with Gasteiger partial charge in [-0.15, -0.1) is 11.3 Å². The van der Waals surface area contributed by atoms with Crippen molar-refractivity contribution < 1.29 is 4.79 Å². The molecular formula is C12H14N4OS.